The molecule has 1 aromatic rings. The van der Waals surface area contributed by atoms with Crippen LogP contribution in [0, 0.1) is 0 Å². The van der Waals surface area contributed by atoms with Crippen LogP contribution in [0.2, 0.25) is 0 Å². The minimum absolute atomic E-state index is 0. The summed E-state index contributed by atoms with van der Waals surface area (Å²) in [7, 11) is 4.99. The van der Waals surface area contributed by atoms with Gasteiger partial charge in [-0.05, 0) is 25.7 Å². The molecule has 0 amide bonds. The van der Waals surface area contributed by atoms with Crippen molar-refractivity contribution in [2.24, 2.45) is 0 Å². The molecule has 0 aliphatic carbocycles. The van der Waals surface area contributed by atoms with E-state index < -0.39 is 0 Å². The first-order valence-corrected chi connectivity index (χ1v) is 17.5. The van der Waals surface area contributed by atoms with Crippen LogP contribution in [-0.2, 0) is 6.54 Å². The molecule has 0 bridgehead atoms. The van der Waals surface area contributed by atoms with Gasteiger partial charge in [0.2, 0.25) is 0 Å². The molecule has 0 heterocycles. The van der Waals surface area contributed by atoms with Crippen molar-refractivity contribution in [1.29, 1.82) is 0 Å². The van der Waals surface area contributed by atoms with Crippen molar-refractivity contribution in [1.82, 2.24) is 0 Å². The van der Waals surface area contributed by atoms with Crippen LogP contribution in [0.3, 0.4) is 0 Å². The van der Waals surface area contributed by atoms with Gasteiger partial charge in [0.25, 0.3) is 0 Å². The van der Waals surface area contributed by atoms with Gasteiger partial charge in [0, 0.05) is 5.56 Å². The lowest BCUT2D eigenvalue weighted by molar-refractivity contribution is -0.928. The highest BCUT2D eigenvalue weighted by atomic mass is 79.9. The molecule has 230 valence electrons. The van der Waals surface area contributed by atoms with Gasteiger partial charge in [-0.2, -0.15) is 0 Å². The Balaban J connectivity index is 0.0000144. The highest BCUT2D eigenvalue weighted by molar-refractivity contribution is 5.13. The van der Waals surface area contributed by atoms with E-state index in [1.807, 2.05) is 0 Å². The van der Waals surface area contributed by atoms with Crippen LogP contribution in [0.25, 0.3) is 0 Å². The Hall–Kier alpha value is -0.340. The van der Waals surface area contributed by atoms with Crippen LogP contribution in [0.4, 0.5) is 0 Å². The molecule has 0 aromatic heterocycles. The molecule has 2 heteroatoms. The number of nitrogens with zero attached hydrogens (tertiary/aromatic N) is 1. The predicted molar refractivity (Wildman–Crippen MR) is 173 cm³/mol. The SMILES string of the molecule is CCCCCCCCCCCCCCCCCC(CCCCCCCCCC)[N+](C)(C)Cc1ccccc1.[Br-]. The van der Waals surface area contributed by atoms with E-state index >= 15 is 0 Å². The summed E-state index contributed by atoms with van der Waals surface area (Å²) in [4.78, 5) is 0. The van der Waals surface area contributed by atoms with Crippen molar-refractivity contribution < 1.29 is 21.5 Å². The van der Waals surface area contributed by atoms with Gasteiger partial charge >= 0.3 is 0 Å². The summed E-state index contributed by atoms with van der Waals surface area (Å²) in [5, 5.41) is 0. The molecule has 1 nitrogen and oxygen atoms in total. The average molecular weight is 609 g/mol. The fraction of sp³-hybridized carbons (Fsp3) is 0.838. The van der Waals surface area contributed by atoms with Crippen molar-refractivity contribution in [2.75, 3.05) is 14.1 Å². The number of quaternary nitrogens is 1. The zero-order valence-electron chi connectivity index (χ0n) is 27.2. The number of hydrogen-bond donors (Lipinski definition) is 0. The number of unbranched alkanes of at least 4 members (excludes halogenated alkanes) is 21. The van der Waals surface area contributed by atoms with E-state index in [9.17, 15) is 0 Å². The Morgan fingerprint density at radius 3 is 1.10 bits per heavy atom. The largest absolute Gasteiger partial charge is 1.00 e. The molecular weight excluding hydrogens is 538 g/mol. The zero-order valence-corrected chi connectivity index (χ0v) is 28.8. The maximum atomic E-state index is 2.49. The molecule has 0 saturated carbocycles. The molecule has 0 saturated heterocycles. The lowest BCUT2D eigenvalue weighted by Gasteiger charge is -2.39. The minimum Gasteiger partial charge on any atom is -1.00 e. The van der Waals surface area contributed by atoms with Gasteiger partial charge in [0.05, 0.1) is 20.1 Å². The van der Waals surface area contributed by atoms with Crippen molar-refractivity contribution in [3.05, 3.63) is 35.9 Å². The quantitative estimate of drug-likeness (QED) is 0.0657. The number of benzene rings is 1. The Kier molecular flexibility index (Phi) is 27.6. The lowest BCUT2D eigenvalue weighted by Crippen LogP contribution is -3.00. The Morgan fingerprint density at radius 1 is 0.462 bits per heavy atom. The molecule has 0 aliphatic heterocycles. The van der Waals surface area contributed by atoms with E-state index in [0.29, 0.717) is 0 Å². The maximum absolute atomic E-state index is 2.49. The Labute approximate surface area is 257 Å². The predicted octanol–water partition coefficient (Wildman–Crippen LogP) is 9.43. The van der Waals surface area contributed by atoms with Crippen molar-refractivity contribution in [2.45, 2.75) is 187 Å². The maximum Gasteiger partial charge on any atom is 0.104 e. The van der Waals surface area contributed by atoms with Gasteiger partial charge in [-0.15, -0.1) is 0 Å². The summed E-state index contributed by atoms with van der Waals surface area (Å²) >= 11 is 0. The van der Waals surface area contributed by atoms with Gasteiger partial charge in [0.15, 0.2) is 0 Å². The number of halogens is 1. The van der Waals surface area contributed by atoms with Crippen LogP contribution >= 0.6 is 0 Å². The van der Waals surface area contributed by atoms with Crippen LogP contribution < -0.4 is 17.0 Å². The fourth-order valence-electron chi connectivity index (χ4n) is 6.29. The van der Waals surface area contributed by atoms with E-state index in [0.717, 1.165) is 10.5 Å². The van der Waals surface area contributed by atoms with E-state index in [4.69, 9.17) is 0 Å². The van der Waals surface area contributed by atoms with Crippen LogP contribution in [0.1, 0.15) is 180 Å². The van der Waals surface area contributed by atoms with Gasteiger partial charge in [-0.3, -0.25) is 0 Å². The standard InChI is InChI=1S/C37H70N.BrH/c1-5-7-9-11-13-15-16-17-18-19-20-21-23-25-30-34-37(33-29-24-22-14-12-10-8-6-2)38(3,4)35-36-31-27-26-28-32-36;/h26-28,31-32,37H,5-25,29-30,33-35H2,1-4H3;1H/q+1;/p-1. The second-order valence-electron chi connectivity index (χ2n) is 13.1. The zero-order chi connectivity index (χ0) is 27.6. The van der Waals surface area contributed by atoms with Crippen molar-refractivity contribution >= 4 is 0 Å². The fourth-order valence-corrected chi connectivity index (χ4v) is 6.29. The molecule has 0 spiro atoms. The third kappa shape index (κ3) is 23.0. The summed E-state index contributed by atoms with van der Waals surface area (Å²) in [5.41, 5.74) is 1.50. The second kappa shape index (κ2) is 27.8. The summed E-state index contributed by atoms with van der Waals surface area (Å²) < 4.78 is 1.15. The number of rotatable bonds is 28. The first-order chi connectivity index (χ1) is 18.6. The average Bonchev–Trinajstić information content (AvgIpc) is 2.91. The van der Waals surface area contributed by atoms with E-state index in [1.165, 1.54) is 173 Å². The van der Waals surface area contributed by atoms with Crippen LogP contribution in [0.5, 0.6) is 0 Å². The first kappa shape index (κ1) is 38.7. The molecule has 1 atom stereocenters. The van der Waals surface area contributed by atoms with Gasteiger partial charge in [-0.1, -0.05) is 179 Å². The molecule has 0 aliphatic rings. The molecule has 39 heavy (non-hydrogen) atoms. The topological polar surface area (TPSA) is 0 Å². The van der Waals surface area contributed by atoms with Gasteiger partial charge in [-0.25, -0.2) is 0 Å². The first-order valence-electron chi connectivity index (χ1n) is 17.5. The molecule has 1 unspecified atom stereocenters. The highest BCUT2D eigenvalue weighted by Gasteiger charge is 2.27. The van der Waals surface area contributed by atoms with Gasteiger partial charge in [0.1, 0.15) is 6.54 Å². The second-order valence-corrected chi connectivity index (χ2v) is 13.1. The van der Waals surface area contributed by atoms with Crippen LogP contribution in [0.15, 0.2) is 30.3 Å². The Morgan fingerprint density at radius 2 is 0.769 bits per heavy atom. The summed E-state index contributed by atoms with van der Waals surface area (Å²) in [5.74, 6) is 0. The summed E-state index contributed by atoms with van der Waals surface area (Å²) in [6.07, 6.45) is 36.1. The third-order valence-electron chi connectivity index (χ3n) is 8.95. The van der Waals surface area contributed by atoms with E-state index in [-0.39, 0.29) is 17.0 Å². The lowest BCUT2D eigenvalue weighted by atomic mass is 9.96. The molecule has 0 radical (unpaired) electrons. The summed E-state index contributed by atoms with van der Waals surface area (Å²) in [6, 6.07) is 12.0. The molecule has 0 fully saturated rings. The monoisotopic (exact) mass is 607 g/mol. The highest BCUT2D eigenvalue weighted by Crippen LogP contribution is 2.25. The smallest absolute Gasteiger partial charge is 0.104 e. The third-order valence-corrected chi connectivity index (χ3v) is 8.95. The van der Waals surface area contributed by atoms with Crippen molar-refractivity contribution in [3.8, 4) is 0 Å². The normalized spacial score (nSPS) is 12.4. The van der Waals surface area contributed by atoms with Crippen molar-refractivity contribution in [3.63, 3.8) is 0 Å². The van der Waals surface area contributed by atoms with Crippen LogP contribution in [-0.4, -0.2) is 24.6 Å². The minimum atomic E-state index is 0. The molecular formula is C37H70BrN. The van der Waals surface area contributed by atoms with E-state index in [1.54, 1.807) is 0 Å². The molecule has 1 aromatic carbocycles. The molecule has 0 N–H and O–H groups in total. The van der Waals surface area contributed by atoms with Gasteiger partial charge < -0.3 is 21.5 Å². The van der Waals surface area contributed by atoms with E-state index in [2.05, 4.69) is 58.3 Å². The summed E-state index contributed by atoms with van der Waals surface area (Å²) in [6.45, 7) is 5.79. The Bertz CT molecular complexity index is 599. The number of hydrogen-bond acceptors (Lipinski definition) is 0. The molecule has 1 rings (SSSR count).